The average molecular weight is 483 g/mol. The Balaban J connectivity index is 1.30. The van der Waals surface area contributed by atoms with Crippen LogP contribution in [0.1, 0.15) is 30.1 Å². The SMILES string of the molecule is CCOc1cccc2cc(-c3nnc(NC(=O)c4ccc(S(=O)(=O)N(C)C5CC5)cc4)o3)oc12. The van der Waals surface area contributed by atoms with Crippen molar-refractivity contribution < 1.29 is 26.8 Å². The molecule has 5 rings (SSSR count). The van der Waals surface area contributed by atoms with Crippen molar-refractivity contribution in [3.8, 4) is 17.4 Å². The summed E-state index contributed by atoms with van der Waals surface area (Å²) in [5, 5.41) is 11.1. The van der Waals surface area contributed by atoms with Crippen LogP contribution in [0.4, 0.5) is 6.01 Å². The van der Waals surface area contributed by atoms with E-state index in [4.69, 9.17) is 13.6 Å². The number of fused-ring (bicyclic) bond motifs is 1. The van der Waals surface area contributed by atoms with Crippen molar-refractivity contribution >= 4 is 32.9 Å². The summed E-state index contributed by atoms with van der Waals surface area (Å²) in [6.45, 7) is 2.38. The van der Waals surface area contributed by atoms with Gasteiger partial charge in [0.15, 0.2) is 17.1 Å². The first-order valence-electron chi connectivity index (χ1n) is 10.8. The fraction of sp³-hybridized carbons (Fsp3) is 0.261. The van der Waals surface area contributed by atoms with E-state index < -0.39 is 15.9 Å². The molecule has 1 aliphatic rings. The van der Waals surface area contributed by atoms with Crippen molar-refractivity contribution in [3.05, 3.63) is 54.1 Å². The number of benzene rings is 2. The molecular formula is C23H22N4O6S. The summed E-state index contributed by atoms with van der Waals surface area (Å²) in [5.74, 6) is 0.522. The molecule has 2 heterocycles. The standard InChI is InChI=1S/C23H22N4O6S/c1-3-31-18-6-4-5-15-13-19(32-20(15)18)22-25-26-23(33-22)24-21(28)14-7-11-17(12-8-14)34(29,30)27(2)16-9-10-16/h4-8,11-13,16H,3,9-10H2,1-2H3,(H,24,26,28). The van der Waals surface area contributed by atoms with E-state index in [1.807, 2.05) is 19.1 Å². The highest BCUT2D eigenvalue weighted by Crippen LogP contribution is 2.33. The van der Waals surface area contributed by atoms with Gasteiger partial charge in [-0.05, 0) is 56.2 Å². The largest absolute Gasteiger partial charge is 0.490 e. The van der Waals surface area contributed by atoms with Crippen LogP contribution in [0, 0.1) is 0 Å². The summed E-state index contributed by atoms with van der Waals surface area (Å²) in [4.78, 5) is 12.7. The summed E-state index contributed by atoms with van der Waals surface area (Å²) >= 11 is 0. The molecule has 1 saturated carbocycles. The van der Waals surface area contributed by atoms with Crippen LogP contribution >= 0.6 is 0 Å². The Hall–Kier alpha value is -3.70. The summed E-state index contributed by atoms with van der Waals surface area (Å²) in [6.07, 6.45) is 1.73. The maximum Gasteiger partial charge on any atom is 0.322 e. The number of ether oxygens (including phenoxy) is 1. The lowest BCUT2D eigenvalue weighted by Crippen LogP contribution is -2.29. The Bertz CT molecular complexity index is 1450. The van der Waals surface area contributed by atoms with Crippen LogP contribution in [-0.2, 0) is 10.0 Å². The maximum absolute atomic E-state index is 12.6. The number of carbonyl (C=O) groups excluding carboxylic acids is 1. The van der Waals surface area contributed by atoms with E-state index in [0.717, 1.165) is 18.2 Å². The number of hydrogen-bond donors (Lipinski definition) is 1. The van der Waals surface area contributed by atoms with Gasteiger partial charge in [0.2, 0.25) is 10.0 Å². The molecule has 34 heavy (non-hydrogen) atoms. The first kappa shape index (κ1) is 22.1. The molecule has 0 saturated heterocycles. The number of anilines is 1. The Morgan fingerprint density at radius 2 is 1.91 bits per heavy atom. The number of rotatable bonds is 8. The molecule has 1 aliphatic carbocycles. The number of aromatic nitrogens is 2. The highest BCUT2D eigenvalue weighted by Gasteiger charge is 2.35. The smallest absolute Gasteiger partial charge is 0.322 e. The van der Waals surface area contributed by atoms with Gasteiger partial charge in [-0.15, -0.1) is 5.10 Å². The van der Waals surface area contributed by atoms with Gasteiger partial charge in [0, 0.05) is 24.0 Å². The lowest BCUT2D eigenvalue weighted by atomic mass is 10.2. The fourth-order valence-electron chi connectivity index (χ4n) is 3.53. The van der Waals surface area contributed by atoms with Gasteiger partial charge in [-0.2, -0.15) is 4.31 Å². The molecule has 176 valence electrons. The van der Waals surface area contributed by atoms with E-state index in [1.54, 1.807) is 19.2 Å². The third-order valence-corrected chi connectivity index (χ3v) is 7.44. The minimum absolute atomic E-state index is 0.0530. The predicted octanol–water partition coefficient (Wildman–Crippen LogP) is 3.92. The van der Waals surface area contributed by atoms with Gasteiger partial charge in [0.25, 0.3) is 11.8 Å². The Labute approximate surface area is 195 Å². The average Bonchev–Trinajstić information content (AvgIpc) is 3.41. The number of hydrogen-bond acceptors (Lipinski definition) is 8. The Morgan fingerprint density at radius 3 is 2.62 bits per heavy atom. The number of furan rings is 1. The molecule has 0 radical (unpaired) electrons. The molecule has 1 N–H and O–H groups in total. The highest BCUT2D eigenvalue weighted by molar-refractivity contribution is 7.89. The van der Waals surface area contributed by atoms with E-state index in [2.05, 4.69) is 15.5 Å². The van der Waals surface area contributed by atoms with Crippen molar-refractivity contribution in [2.45, 2.75) is 30.7 Å². The van der Waals surface area contributed by atoms with Gasteiger partial charge in [-0.1, -0.05) is 17.2 Å². The van der Waals surface area contributed by atoms with Gasteiger partial charge in [0.1, 0.15) is 0 Å². The number of nitrogens with zero attached hydrogens (tertiary/aromatic N) is 3. The van der Waals surface area contributed by atoms with Crippen LogP contribution in [0.3, 0.4) is 0 Å². The third kappa shape index (κ3) is 4.15. The molecule has 0 unspecified atom stereocenters. The fourth-order valence-corrected chi connectivity index (χ4v) is 4.95. The van der Waals surface area contributed by atoms with E-state index in [9.17, 15) is 13.2 Å². The normalized spacial score (nSPS) is 14.0. The van der Waals surface area contributed by atoms with E-state index >= 15 is 0 Å². The van der Waals surface area contributed by atoms with Crippen LogP contribution in [-0.4, -0.2) is 48.5 Å². The van der Waals surface area contributed by atoms with Gasteiger partial charge in [-0.3, -0.25) is 10.1 Å². The van der Waals surface area contributed by atoms with Gasteiger partial charge in [-0.25, -0.2) is 8.42 Å². The molecule has 1 amide bonds. The molecule has 2 aromatic heterocycles. The molecular weight excluding hydrogens is 460 g/mol. The molecule has 0 aliphatic heterocycles. The lowest BCUT2D eigenvalue weighted by molar-refractivity contribution is 0.102. The zero-order valence-electron chi connectivity index (χ0n) is 18.5. The van der Waals surface area contributed by atoms with Crippen LogP contribution in [0.2, 0.25) is 0 Å². The Kier molecular flexibility index (Phi) is 5.58. The quantitative estimate of drug-likeness (QED) is 0.400. The minimum Gasteiger partial charge on any atom is -0.490 e. The van der Waals surface area contributed by atoms with Crippen LogP contribution < -0.4 is 10.1 Å². The van der Waals surface area contributed by atoms with Crippen molar-refractivity contribution in [3.63, 3.8) is 0 Å². The second-order valence-electron chi connectivity index (χ2n) is 7.86. The first-order valence-corrected chi connectivity index (χ1v) is 12.2. The summed E-state index contributed by atoms with van der Waals surface area (Å²) in [7, 11) is -2.01. The van der Waals surface area contributed by atoms with Gasteiger partial charge >= 0.3 is 6.01 Å². The third-order valence-electron chi connectivity index (χ3n) is 5.52. The maximum atomic E-state index is 12.6. The number of carbonyl (C=O) groups is 1. The van der Waals surface area contributed by atoms with Crippen molar-refractivity contribution in [1.29, 1.82) is 0 Å². The second-order valence-corrected chi connectivity index (χ2v) is 9.86. The van der Waals surface area contributed by atoms with Crippen LogP contribution in [0.15, 0.2) is 62.3 Å². The van der Waals surface area contributed by atoms with E-state index in [1.165, 1.54) is 28.6 Å². The lowest BCUT2D eigenvalue weighted by Gasteiger charge is -2.16. The van der Waals surface area contributed by atoms with Gasteiger partial charge in [0.05, 0.1) is 11.5 Å². The zero-order valence-corrected chi connectivity index (χ0v) is 19.3. The first-order chi connectivity index (χ1) is 16.4. The summed E-state index contributed by atoms with van der Waals surface area (Å²) < 4.78 is 43.6. The molecule has 0 bridgehead atoms. The second kappa shape index (κ2) is 8.58. The molecule has 10 nitrogen and oxygen atoms in total. The van der Waals surface area contributed by atoms with E-state index in [-0.39, 0.29) is 28.4 Å². The molecule has 0 spiro atoms. The molecule has 1 fully saturated rings. The minimum atomic E-state index is -3.58. The number of para-hydroxylation sites is 1. The molecule has 2 aromatic carbocycles. The summed E-state index contributed by atoms with van der Waals surface area (Å²) in [5.41, 5.74) is 0.809. The number of nitrogens with one attached hydrogen (secondary N) is 1. The van der Waals surface area contributed by atoms with Crippen LogP contribution in [0.25, 0.3) is 22.6 Å². The Morgan fingerprint density at radius 1 is 1.15 bits per heavy atom. The molecule has 4 aromatic rings. The van der Waals surface area contributed by atoms with Gasteiger partial charge < -0.3 is 13.6 Å². The van der Waals surface area contributed by atoms with Crippen molar-refractivity contribution in [2.24, 2.45) is 0 Å². The zero-order chi connectivity index (χ0) is 23.9. The number of amides is 1. The van der Waals surface area contributed by atoms with Crippen LogP contribution in [0.5, 0.6) is 5.75 Å². The monoisotopic (exact) mass is 482 g/mol. The highest BCUT2D eigenvalue weighted by atomic mass is 32.2. The molecule has 0 atom stereocenters. The summed E-state index contributed by atoms with van der Waals surface area (Å²) in [6, 6.07) is 12.9. The topological polar surface area (TPSA) is 128 Å². The van der Waals surface area contributed by atoms with Crippen molar-refractivity contribution in [2.75, 3.05) is 19.0 Å². The van der Waals surface area contributed by atoms with E-state index in [0.29, 0.717) is 23.7 Å². The van der Waals surface area contributed by atoms with Crippen molar-refractivity contribution in [1.82, 2.24) is 14.5 Å². The predicted molar refractivity (Wildman–Crippen MR) is 123 cm³/mol. The molecule has 11 heteroatoms. The number of sulfonamides is 1.